The van der Waals surface area contributed by atoms with Gasteiger partial charge in [-0.1, -0.05) is 49.4 Å². The van der Waals surface area contributed by atoms with E-state index in [1.165, 1.54) is 47.0 Å². The number of carbonyl (C=O) groups excluding carboxylic acids is 8. The number of aromatic nitrogens is 1. The van der Waals surface area contributed by atoms with E-state index in [0.717, 1.165) is 43.7 Å². The fraction of sp³-hybridized carbons (Fsp3) is 0.528. The van der Waals surface area contributed by atoms with Crippen LogP contribution in [0.3, 0.4) is 0 Å². The third-order valence-corrected chi connectivity index (χ3v) is 16.7. The summed E-state index contributed by atoms with van der Waals surface area (Å²) in [6, 6.07) is 10.3. The molecule has 2 bridgehead atoms. The molecular weight excluding hydrogens is 955 g/mol. The SMILES string of the molecule is CC[C@@H]1NC(=O)[C@@H](NC(=O)c2ncccc2O)C(C)OC(=O)[C@@H](c2ccccc2)NC(=O)[C@@H]2CC(=O)C(CSC3CN4CCC3CC4)CN2C(=O)[C@H](Cc2ccc(N(C)C)cc2)N(C)C(=O)[C@@H]2CCCN2C1=O. The second-order valence-corrected chi connectivity index (χ2v) is 21.4. The van der Waals surface area contributed by atoms with Crippen LogP contribution < -0.4 is 20.9 Å². The lowest BCUT2D eigenvalue weighted by atomic mass is 9.88. The van der Waals surface area contributed by atoms with Gasteiger partial charge in [0.15, 0.2) is 11.7 Å². The smallest absolute Gasteiger partial charge is 0.333 e. The molecule has 6 aliphatic heterocycles. The molecule has 7 heterocycles. The fourth-order valence-electron chi connectivity index (χ4n) is 10.8. The van der Waals surface area contributed by atoms with Crippen molar-refractivity contribution in [3.05, 3.63) is 89.7 Å². The minimum Gasteiger partial charge on any atom is -0.505 e. The van der Waals surface area contributed by atoms with Gasteiger partial charge in [0.2, 0.25) is 29.5 Å². The summed E-state index contributed by atoms with van der Waals surface area (Å²) in [5.74, 6) is -5.83. The molecule has 3 aromatic rings. The van der Waals surface area contributed by atoms with Gasteiger partial charge < -0.3 is 50.3 Å². The highest BCUT2D eigenvalue weighted by Gasteiger charge is 2.48. The maximum Gasteiger partial charge on any atom is 0.333 e. The van der Waals surface area contributed by atoms with Gasteiger partial charge in [-0.05, 0) is 93.4 Å². The van der Waals surface area contributed by atoms with Crippen molar-refractivity contribution in [3.8, 4) is 5.75 Å². The number of thioether (sulfide) groups is 1. The Morgan fingerprint density at radius 2 is 1.58 bits per heavy atom. The number of likely N-dealkylation sites (N-methyl/N-ethyl adjacent to an activating group) is 1. The fourth-order valence-corrected chi connectivity index (χ4v) is 12.4. The van der Waals surface area contributed by atoms with E-state index in [1.54, 1.807) is 49.0 Å². The molecule has 9 atom stereocenters. The average molecular weight is 1020 g/mol. The first-order chi connectivity index (χ1) is 35.0. The molecule has 2 aromatic carbocycles. The Morgan fingerprint density at radius 3 is 2.23 bits per heavy atom. The minimum atomic E-state index is -1.69. The van der Waals surface area contributed by atoms with E-state index in [0.29, 0.717) is 23.3 Å². The van der Waals surface area contributed by atoms with Crippen molar-refractivity contribution in [2.45, 2.75) is 106 Å². The zero-order valence-electron chi connectivity index (χ0n) is 42.1. The van der Waals surface area contributed by atoms with Crippen molar-refractivity contribution in [1.82, 2.24) is 40.5 Å². The van der Waals surface area contributed by atoms with Crippen LogP contribution in [-0.2, 0) is 44.7 Å². The lowest BCUT2D eigenvalue weighted by molar-refractivity contribution is -0.157. The summed E-state index contributed by atoms with van der Waals surface area (Å²) < 4.78 is 5.97. The molecule has 0 aliphatic carbocycles. The average Bonchev–Trinajstić information content (AvgIpc) is 3.89. The van der Waals surface area contributed by atoms with Crippen molar-refractivity contribution in [2.75, 3.05) is 64.5 Å². The normalized spacial score (nSPS) is 29.5. The first kappa shape index (κ1) is 52.8. The molecule has 1 aromatic heterocycles. The van der Waals surface area contributed by atoms with E-state index in [9.17, 15) is 29.1 Å². The van der Waals surface area contributed by atoms with Crippen molar-refractivity contribution >= 4 is 64.6 Å². The minimum absolute atomic E-state index is 0.0289. The van der Waals surface area contributed by atoms with Crippen LogP contribution in [0.5, 0.6) is 5.75 Å². The Balaban J connectivity index is 1.19. The van der Waals surface area contributed by atoms with E-state index >= 15 is 14.4 Å². The summed E-state index contributed by atoms with van der Waals surface area (Å²) in [4.78, 5) is 130. The molecule has 20 heteroatoms. The number of ketones is 1. The first-order valence-corrected chi connectivity index (χ1v) is 26.4. The number of Topliss-reactive ketones (excluding diaryl/α,β-unsaturated/α-hetero) is 1. The Hall–Kier alpha value is -6.54. The summed E-state index contributed by atoms with van der Waals surface area (Å²) in [7, 11) is 5.33. The number of cyclic esters (lactones) is 1. The Bertz CT molecular complexity index is 2540. The predicted octanol–water partition coefficient (Wildman–Crippen LogP) is 2.32. The molecule has 6 aliphatic rings. The quantitative estimate of drug-likeness (QED) is 0.214. The van der Waals surface area contributed by atoms with E-state index in [4.69, 9.17) is 4.74 Å². The first-order valence-electron chi connectivity index (χ1n) is 25.3. The number of hydrogen-bond acceptors (Lipinski definition) is 14. The summed E-state index contributed by atoms with van der Waals surface area (Å²) in [6.45, 7) is 6.11. The number of hydrogen-bond donors (Lipinski definition) is 4. The van der Waals surface area contributed by atoms with Crippen LogP contribution in [0.25, 0.3) is 0 Å². The summed E-state index contributed by atoms with van der Waals surface area (Å²) in [6.07, 6.45) is 2.40. The van der Waals surface area contributed by atoms with Gasteiger partial charge in [0.25, 0.3) is 5.91 Å². The molecule has 4 N–H and O–H groups in total. The summed E-state index contributed by atoms with van der Waals surface area (Å²) >= 11 is 1.73. The van der Waals surface area contributed by atoms with Crippen molar-refractivity contribution in [3.63, 3.8) is 0 Å². The molecule has 19 nitrogen and oxygen atoms in total. The maximum atomic E-state index is 15.7. The Labute approximate surface area is 430 Å². The van der Waals surface area contributed by atoms with E-state index < -0.39 is 101 Å². The summed E-state index contributed by atoms with van der Waals surface area (Å²) in [5, 5.41) is 18.8. The van der Waals surface area contributed by atoms with Crippen LogP contribution in [0.15, 0.2) is 72.9 Å². The molecule has 0 saturated carbocycles. The monoisotopic (exact) mass is 1020 g/mol. The van der Waals surface area contributed by atoms with Gasteiger partial charge in [-0.25, -0.2) is 9.78 Å². The summed E-state index contributed by atoms with van der Waals surface area (Å²) in [5.41, 5.74) is 1.49. The molecule has 0 radical (unpaired) electrons. The highest BCUT2D eigenvalue weighted by Crippen LogP contribution is 2.37. The number of piperidine rings is 4. The molecule has 0 spiro atoms. The zero-order valence-corrected chi connectivity index (χ0v) is 42.9. The second kappa shape index (κ2) is 23.1. The van der Waals surface area contributed by atoms with Gasteiger partial charge in [-0.2, -0.15) is 11.8 Å². The highest BCUT2D eigenvalue weighted by molar-refractivity contribution is 8.00. The van der Waals surface area contributed by atoms with Gasteiger partial charge in [-0.15, -0.1) is 0 Å². The van der Waals surface area contributed by atoms with Crippen LogP contribution in [0.4, 0.5) is 5.69 Å². The van der Waals surface area contributed by atoms with Crippen LogP contribution in [0.2, 0.25) is 0 Å². The van der Waals surface area contributed by atoms with Crippen LogP contribution in [-0.4, -0.2) is 178 Å². The molecular formula is C53H67N9O10S. The Kier molecular flexibility index (Phi) is 16.7. The molecule has 6 amide bonds. The third-order valence-electron chi connectivity index (χ3n) is 15.2. The molecule has 73 heavy (non-hydrogen) atoms. The van der Waals surface area contributed by atoms with E-state index in [-0.39, 0.29) is 50.1 Å². The van der Waals surface area contributed by atoms with E-state index in [2.05, 4.69) is 25.8 Å². The third kappa shape index (κ3) is 11.8. The lowest BCUT2D eigenvalue weighted by Gasteiger charge is -2.45. The van der Waals surface area contributed by atoms with Gasteiger partial charge >= 0.3 is 5.97 Å². The number of benzene rings is 2. The zero-order chi connectivity index (χ0) is 52.1. The second-order valence-electron chi connectivity index (χ2n) is 20.1. The molecule has 390 valence electrons. The number of anilines is 1. The number of nitrogens with one attached hydrogen (secondary N) is 3. The van der Waals surface area contributed by atoms with Crippen molar-refractivity contribution in [1.29, 1.82) is 0 Å². The van der Waals surface area contributed by atoms with Gasteiger partial charge in [0, 0.05) is 82.4 Å². The van der Waals surface area contributed by atoms with Crippen LogP contribution in [0, 0.1) is 11.8 Å². The van der Waals surface area contributed by atoms with Gasteiger partial charge in [-0.3, -0.25) is 33.6 Å². The number of rotatable bonds is 10. The number of pyridine rings is 1. The number of esters is 1. The molecule has 3 unspecified atom stereocenters. The highest BCUT2D eigenvalue weighted by atomic mass is 32.2. The number of ether oxygens (including phenoxy) is 1. The maximum absolute atomic E-state index is 15.7. The largest absolute Gasteiger partial charge is 0.505 e. The predicted molar refractivity (Wildman–Crippen MR) is 272 cm³/mol. The lowest BCUT2D eigenvalue weighted by Crippen LogP contribution is -2.63. The van der Waals surface area contributed by atoms with Crippen LogP contribution in [0.1, 0.15) is 80.0 Å². The van der Waals surface area contributed by atoms with Crippen molar-refractivity contribution < 1.29 is 48.2 Å². The van der Waals surface area contributed by atoms with E-state index in [1.807, 2.05) is 43.3 Å². The number of aromatic hydroxyl groups is 1. The van der Waals surface area contributed by atoms with Gasteiger partial charge in [0.1, 0.15) is 47.8 Å². The molecule has 6 fully saturated rings. The van der Waals surface area contributed by atoms with Crippen molar-refractivity contribution in [2.24, 2.45) is 11.8 Å². The standard InChI is InChI=1S/C53H67N9O10S/c1-6-37-50(68)61-23-11-14-38(61)51(69)59(5)40(26-32-16-18-36(19-17-32)58(3)4)52(70)62-28-35(30-73-43-29-60-24-20-33(43)21-25-60)42(64)27-39(62)47(65)57-45(34-12-8-7-9-13-34)53(71)72-31(2)44(48(66)55-37)56-49(67)46-41(63)15-10-22-54-46/h7-10,12-13,15-19,22,31,33,35,37-40,43-45,63H,6,11,14,20-21,23-30H2,1-5H3,(H,55,66)(H,56,67)(H,57,65)/t31?,35?,37-,38-,39-,40-,43?,44-,45+/m0/s1. The van der Waals surface area contributed by atoms with Crippen LogP contribution >= 0.6 is 11.8 Å². The number of amides is 6. The topological polar surface area (TPSA) is 231 Å². The molecule has 9 rings (SSSR count). The Morgan fingerprint density at radius 1 is 0.849 bits per heavy atom. The number of nitrogens with zero attached hydrogens (tertiary/aromatic N) is 6. The number of fused-ring (bicyclic) bond motifs is 5. The molecule has 6 saturated heterocycles. The van der Waals surface area contributed by atoms with Gasteiger partial charge in [0.05, 0.1) is 0 Å². The number of carbonyl (C=O) groups is 8.